The molecule has 2 amide bonds. The molecule has 10 nitrogen and oxygen atoms in total. The lowest BCUT2D eigenvalue weighted by molar-refractivity contribution is -0.142. The maximum Gasteiger partial charge on any atom is 0.341 e. The van der Waals surface area contributed by atoms with Crippen LogP contribution in [0.1, 0.15) is 20.7 Å². The quantitative estimate of drug-likeness (QED) is 0.450. The maximum atomic E-state index is 12.3. The van der Waals surface area contributed by atoms with E-state index in [0.717, 1.165) is 0 Å². The number of carbonyl (C=O) groups excluding carboxylic acids is 4. The van der Waals surface area contributed by atoms with Crippen molar-refractivity contribution in [2.75, 3.05) is 39.4 Å². The van der Waals surface area contributed by atoms with Crippen molar-refractivity contribution in [3.8, 4) is 0 Å². The van der Waals surface area contributed by atoms with E-state index in [-0.39, 0.29) is 47.6 Å². The van der Waals surface area contributed by atoms with Crippen LogP contribution >= 0.6 is 23.2 Å². The van der Waals surface area contributed by atoms with Gasteiger partial charge in [0.2, 0.25) is 0 Å². The Kier molecular flexibility index (Phi) is 7.96. The molecule has 3 rings (SSSR count). The average Bonchev–Trinajstić information content (AvgIpc) is 2.81. The third-order valence-corrected chi connectivity index (χ3v) is 5.20. The smallest absolute Gasteiger partial charge is 0.341 e. The van der Waals surface area contributed by atoms with Crippen LogP contribution in [-0.4, -0.2) is 82.9 Å². The first-order valence-electron chi connectivity index (χ1n) is 9.47. The second-order valence-corrected chi connectivity index (χ2v) is 7.31. The molecule has 2 aromatic rings. The van der Waals surface area contributed by atoms with Gasteiger partial charge in [0.25, 0.3) is 11.8 Å². The van der Waals surface area contributed by atoms with Crippen molar-refractivity contribution in [3.63, 3.8) is 0 Å². The molecule has 2 aromatic heterocycles. The number of hydrogen-bond acceptors (Lipinski definition) is 8. The molecule has 32 heavy (non-hydrogen) atoms. The Hall–Kier alpha value is -3.24. The van der Waals surface area contributed by atoms with Crippen molar-refractivity contribution in [2.45, 2.75) is 0 Å². The van der Waals surface area contributed by atoms with E-state index in [2.05, 4.69) is 9.97 Å². The van der Waals surface area contributed by atoms with Crippen LogP contribution < -0.4 is 0 Å². The van der Waals surface area contributed by atoms with Gasteiger partial charge in [-0.2, -0.15) is 0 Å². The Morgan fingerprint density at radius 3 is 1.47 bits per heavy atom. The molecule has 0 aliphatic carbocycles. The van der Waals surface area contributed by atoms with Gasteiger partial charge in [0.05, 0.1) is 11.1 Å². The molecular formula is C20H18Cl2N4O6. The first-order chi connectivity index (χ1) is 15.4. The molecule has 3 heterocycles. The summed E-state index contributed by atoms with van der Waals surface area (Å²) >= 11 is 11.7. The maximum absolute atomic E-state index is 12.3. The fourth-order valence-corrected chi connectivity index (χ4v) is 3.27. The number of hydrogen-bond donors (Lipinski definition) is 0. The fourth-order valence-electron chi connectivity index (χ4n) is 2.87. The molecule has 0 bridgehead atoms. The van der Waals surface area contributed by atoms with E-state index in [1.54, 1.807) is 0 Å². The number of nitrogens with zero attached hydrogens (tertiary/aromatic N) is 4. The van der Waals surface area contributed by atoms with Crippen molar-refractivity contribution in [1.29, 1.82) is 0 Å². The Balaban J connectivity index is 1.41. The van der Waals surface area contributed by atoms with E-state index in [1.165, 1.54) is 46.5 Å². The summed E-state index contributed by atoms with van der Waals surface area (Å²) in [6.07, 6.45) is 2.86. The molecule has 12 heteroatoms. The molecule has 0 atom stereocenters. The zero-order valence-corrected chi connectivity index (χ0v) is 18.2. The standard InChI is InChI=1S/C20H18Cl2N4O6/c21-17-13(3-1-5-23-17)19(29)31-11-15(27)25-7-9-26(10-8-25)16(28)12-32-20(30)14-4-2-6-24-18(14)22/h1-6H,7-12H2. The first kappa shape index (κ1) is 23.4. The summed E-state index contributed by atoms with van der Waals surface area (Å²) in [5, 5.41) is -0.0212. The van der Waals surface area contributed by atoms with E-state index in [1.807, 2.05) is 0 Å². The summed E-state index contributed by atoms with van der Waals surface area (Å²) in [5.74, 6) is -2.30. The van der Waals surface area contributed by atoms with Gasteiger partial charge in [-0.25, -0.2) is 19.6 Å². The number of aromatic nitrogens is 2. The third kappa shape index (κ3) is 5.92. The van der Waals surface area contributed by atoms with Gasteiger partial charge in [-0.05, 0) is 24.3 Å². The lowest BCUT2D eigenvalue weighted by Crippen LogP contribution is -2.52. The van der Waals surface area contributed by atoms with Crippen LogP contribution in [0.2, 0.25) is 10.3 Å². The van der Waals surface area contributed by atoms with Crippen molar-refractivity contribution < 1.29 is 28.7 Å². The van der Waals surface area contributed by atoms with E-state index >= 15 is 0 Å². The Labute approximate surface area is 193 Å². The largest absolute Gasteiger partial charge is 0.452 e. The van der Waals surface area contributed by atoms with Gasteiger partial charge in [0, 0.05) is 38.6 Å². The predicted molar refractivity (Wildman–Crippen MR) is 112 cm³/mol. The highest BCUT2D eigenvalue weighted by Gasteiger charge is 2.26. The van der Waals surface area contributed by atoms with Gasteiger partial charge in [0.1, 0.15) is 10.3 Å². The number of carbonyl (C=O) groups is 4. The number of amides is 2. The minimum atomic E-state index is -0.749. The molecule has 1 fully saturated rings. The summed E-state index contributed by atoms with van der Waals surface area (Å²) < 4.78 is 10.0. The average molecular weight is 481 g/mol. The molecule has 0 spiro atoms. The highest BCUT2D eigenvalue weighted by atomic mass is 35.5. The molecule has 0 N–H and O–H groups in total. The van der Waals surface area contributed by atoms with Crippen LogP contribution in [-0.2, 0) is 19.1 Å². The van der Waals surface area contributed by atoms with E-state index in [0.29, 0.717) is 0 Å². The Morgan fingerprint density at radius 1 is 0.750 bits per heavy atom. The number of esters is 2. The lowest BCUT2D eigenvalue weighted by Gasteiger charge is -2.34. The number of pyridine rings is 2. The number of ether oxygens (including phenoxy) is 2. The minimum Gasteiger partial charge on any atom is -0.452 e. The number of rotatable bonds is 6. The topological polar surface area (TPSA) is 119 Å². The zero-order chi connectivity index (χ0) is 23.1. The third-order valence-electron chi connectivity index (χ3n) is 4.60. The SMILES string of the molecule is O=C(OCC(=O)N1CCN(C(=O)COC(=O)c2cccnc2Cl)CC1)c1cccnc1Cl. The van der Waals surface area contributed by atoms with Crippen molar-refractivity contribution >= 4 is 47.0 Å². The Morgan fingerprint density at radius 2 is 1.12 bits per heavy atom. The number of halogens is 2. The fraction of sp³-hybridized carbons (Fsp3) is 0.300. The second kappa shape index (κ2) is 10.9. The van der Waals surface area contributed by atoms with E-state index in [9.17, 15) is 19.2 Å². The summed E-state index contributed by atoms with van der Waals surface area (Å²) in [7, 11) is 0. The van der Waals surface area contributed by atoms with Crippen LogP contribution in [0, 0.1) is 0 Å². The molecule has 168 valence electrons. The van der Waals surface area contributed by atoms with Gasteiger partial charge in [-0.3, -0.25) is 9.59 Å². The van der Waals surface area contributed by atoms with E-state index < -0.39 is 37.0 Å². The van der Waals surface area contributed by atoms with Gasteiger partial charge in [-0.15, -0.1) is 0 Å². The molecule has 0 aromatic carbocycles. The van der Waals surface area contributed by atoms with Crippen LogP contribution in [0.3, 0.4) is 0 Å². The summed E-state index contributed by atoms with van der Waals surface area (Å²) in [5.41, 5.74) is 0.138. The lowest BCUT2D eigenvalue weighted by atomic mass is 10.3. The van der Waals surface area contributed by atoms with Crippen molar-refractivity contribution in [2.24, 2.45) is 0 Å². The summed E-state index contributed by atoms with van der Waals surface area (Å²) in [6, 6.07) is 5.95. The molecule has 0 unspecified atom stereocenters. The van der Waals surface area contributed by atoms with Crippen LogP contribution in [0.5, 0.6) is 0 Å². The molecular weight excluding hydrogens is 463 g/mol. The van der Waals surface area contributed by atoms with E-state index in [4.69, 9.17) is 32.7 Å². The minimum absolute atomic E-state index is 0.0106. The normalized spacial score (nSPS) is 13.4. The van der Waals surface area contributed by atoms with Crippen molar-refractivity contribution in [1.82, 2.24) is 19.8 Å². The molecule has 1 aliphatic rings. The molecule has 1 aliphatic heterocycles. The van der Waals surface area contributed by atoms with Crippen LogP contribution in [0.15, 0.2) is 36.7 Å². The van der Waals surface area contributed by atoms with Crippen LogP contribution in [0.4, 0.5) is 0 Å². The van der Waals surface area contributed by atoms with Gasteiger partial charge >= 0.3 is 11.9 Å². The highest BCUT2D eigenvalue weighted by Crippen LogP contribution is 2.14. The van der Waals surface area contributed by atoms with Gasteiger partial charge in [0.15, 0.2) is 13.2 Å². The van der Waals surface area contributed by atoms with Gasteiger partial charge in [-0.1, -0.05) is 23.2 Å². The predicted octanol–water partition coefficient (Wildman–Crippen LogP) is 1.47. The monoisotopic (exact) mass is 480 g/mol. The number of piperazine rings is 1. The second-order valence-electron chi connectivity index (χ2n) is 6.60. The van der Waals surface area contributed by atoms with Gasteiger partial charge < -0.3 is 19.3 Å². The summed E-state index contributed by atoms with van der Waals surface area (Å²) in [4.78, 5) is 59.2. The van der Waals surface area contributed by atoms with Crippen molar-refractivity contribution in [3.05, 3.63) is 58.1 Å². The zero-order valence-electron chi connectivity index (χ0n) is 16.7. The Bertz CT molecular complexity index is 945. The highest BCUT2D eigenvalue weighted by molar-refractivity contribution is 6.32. The molecule has 0 radical (unpaired) electrons. The molecule has 1 saturated heterocycles. The first-order valence-corrected chi connectivity index (χ1v) is 10.2. The van der Waals surface area contributed by atoms with Crippen LogP contribution in [0.25, 0.3) is 0 Å². The molecule has 0 saturated carbocycles. The summed E-state index contributed by atoms with van der Waals surface area (Å²) in [6.45, 7) is 0.0790.